The highest BCUT2D eigenvalue weighted by atomic mass is 32.1. The molecular weight excluding hydrogens is 286 g/mol. The highest BCUT2D eigenvalue weighted by Gasteiger charge is 2.13. The number of aromatic carboxylic acids is 1. The SMILES string of the molecule is CC(CCNC(=O)c1ccc(C(=O)O)s1)c1ccccc1. The number of thiophene rings is 1. The van der Waals surface area contributed by atoms with Gasteiger partial charge in [0.15, 0.2) is 0 Å². The molecule has 0 spiro atoms. The van der Waals surface area contributed by atoms with Gasteiger partial charge in [0.2, 0.25) is 0 Å². The second kappa shape index (κ2) is 7.04. The lowest BCUT2D eigenvalue weighted by atomic mass is 9.98. The summed E-state index contributed by atoms with van der Waals surface area (Å²) in [6.07, 6.45) is 0.840. The lowest BCUT2D eigenvalue weighted by Crippen LogP contribution is -2.24. The van der Waals surface area contributed by atoms with Crippen molar-refractivity contribution < 1.29 is 14.7 Å². The molecule has 1 heterocycles. The smallest absolute Gasteiger partial charge is 0.345 e. The van der Waals surface area contributed by atoms with Gasteiger partial charge in [0, 0.05) is 6.54 Å². The first-order chi connectivity index (χ1) is 10.1. The fourth-order valence-corrected chi connectivity index (χ4v) is 2.77. The zero-order valence-electron chi connectivity index (χ0n) is 11.7. The van der Waals surface area contributed by atoms with Crippen LogP contribution in [0.1, 0.15) is 44.2 Å². The van der Waals surface area contributed by atoms with Gasteiger partial charge in [0.25, 0.3) is 5.91 Å². The molecule has 0 fully saturated rings. The summed E-state index contributed by atoms with van der Waals surface area (Å²) >= 11 is 0.993. The number of hydrogen-bond donors (Lipinski definition) is 2. The van der Waals surface area contributed by atoms with Gasteiger partial charge in [-0.15, -0.1) is 11.3 Å². The fourth-order valence-electron chi connectivity index (χ4n) is 2.01. The van der Waals surface area contributed by atoms with Crippen molar-refractivity contribution in [2.75, 3.05) is 6.54 Å². The lowest BCUT2D eigenvalue weighted by molar-refractivity contribution is 0.0702. The maximum Gasteiger partial charge on any atom is 0.345 e. The summed E-state index contributed by atoms with van der Waals surface area (Å²) in [5.74, 6) is -0.853. The first kappa shape index (κ1) is 15.3. The molecule has 0 aliphatic carbocycles. The quantitative estimate of drug-likeness (QED) is 0.860. The zero-order chi connectivity index (χ0) is 15.2. The minimum Gasteiger partial charge on any atom is -0.477 e. The van der Waals surface area contributed by atoms with Gasteiger partial charge in [0.1, 0.15) is 4.88 Å². The van der Waals surface area contributed by atoms with Gasteiger partial charge in [-0.05, 0) is 30.0 Å². The van der Waals surface area contributed by atoms with Crippen molar-refractivity contribution in [2.45, 2.75) is 19.3 Å². The predicted molar refractivity (Wildman–Crippen MR) is 83.1 cm³/mol. The summed E-state index contributed by atoms with van der Waals surface area (Å²) in [5.41, 5.74) is 1.25. The molecule has 0 saturated heterocycles. The third kappa shape index (κ3) is 4.16. The van der Waals surface area contributed by atoms with E-state index in [1.54, 1.807) is 6.07 Å². The van der Waals surface area contributed by atoms with Crippen LogP contribution in [0.3, 0.4) is 0 Å². The van der Waals surface area contributed by atoms with Crippen LogP contribution in [0, 0.1) is 0 Å². The van der Waals surface area contributed by atoms with Gasteiger partial charge in [-0.2, -0.15) is 0 Å². The van der Waals surface area contributed by atoms with E-state index in [-0.39, 0.29) is 10.8 Å². The van der Waals surface area contributed by atoms with Crippen molar-refractivity contribution in [2.24, 2.45) is 0 Å². The number of carboxylic acid groups (broad SMARTS) is 1. The first-order valence-corrected chi connectivity index (χ1v) is 7.56. The van der Waals surface area contributed by atoms with E-state index >= 15 is 0 Å². The lowest BCUT2D eigenvalue weighted by Gasteiger charge is -2.12. The largest absolute Gasteiger partial charge is 0.477 e. The minimum absolute atomic E-state index is 0.179. The number of nitrogens with one attached hydrogen (secondary N) is 1. The van der Waals surface area contributed by atoms with E-state index in [0.717, 1.165) is 17.8 Å². The van der Waals surface area contributed by atoms with Crippen molar-refractivity contribution in [1.29, 1.82) is 0 Å². The van der Waals surface area contributed by atoms with Crippen LogP contribution < -0.4 is 5.32 Å². The zero-order valence-corrected chi connectivity index (χ0v) is 12.5. The number of carboxylic acids is 1. The Morgan fingerprint density at radius 2 is 1.81 bits per heavy atom. The third-order valence-electron chi connectivity index (χ3n) is 3.27. The van der Waals surface area contributed by atoms with Crippen LogP contribution in [-0.2, 0) is 0 Å². The third-order valence-corrected chi connectivity index (χ3v) is 4.34. The van der Waals surface area contributed by atoms with Gasteiger partial charge in [-0.3, -0.25) is 4.79 Å². The average molecular weight is 303 g/mol. The van der Waals surface area contributed by atoms with Gasteiger partial charge in [-0.1, -0.05) is 37.3 Å². The summed E-state index contributed by atoms with van der Waals surface area (Å²) in [6.45, 7) is 2.68. The minimum atomic E-state index is -1.00. The van der Waals surface area contributed by atoms with Crippen LogP contribution >= 0.6 is 11.3 Å². The van der Waals surface area contributed by atoms with Gasteiger partial charge >= 0.3 is 5.97 Å². The Morgan fingerprint density at radius 1 is 1.14 bits per heavy atom. The Balaban J connectivity index is 1.82. The van der Waals surface area contributed by atoms with E-state index in [2.05, 4.69) is 24.4 Å². The fraction of sp³-hybridized carbons (Fsp3) is 0.250. The number of carbonyl (C=O) groups excluding carboxylic acids is 1. The summed E-state index contributed by atoms with van der Waals surface area (Å²) in [7, 11) is 0. The topological polar surface area (TPSA) is 66.4 Å². The molecule has 110 valence electrons. The van der Waals surface area contributed by atoms with Crippen LogP contribution in [0.25, 0.3) is 0 Å². The first-order valence-electron chi connectivity index (χ1n) is 6.74. The molecule has 21 heavy (non-hydrogen) atoms. The summed E-state index contributed by atoms with van der Waals surface area (Å²) in [4.78, 5) is 23.3. The highest BCUT2D eigenvalue weighted by molar-refractivity contribution is 7.15. The van der Waals surface area contributed by atoms with E-state index in [4.69, 9.17) is 5.11 Å². The van der Waals surface area contributed by atoms with Crippen molar-refractivity contribution >= 4 is 23.2 Å². The molecule has 0 saturated carbocycles. The van der Waals surface area contributed by atoms with Gasteiger partial charge < -0.3 is 10.4 Å². The van der Waals surface area contributed by atoms with E-state index in [9.17, 15) is 9.59 Å². The van der Waals surface area contributed by atoms with Crippen LogP contribution in [0.5, 0.6) is 0 Å². The van der Waals surface area contributed by atoms with Crippen molar-refractivity contribution in [3.05, 3.63) is 57.8 Å². The molecule has 1 atom stereocenters. The van der Waals surface area contributed by atoms with E-state index < -0.39 is 5.97 Å². The van der Waals surface area contributed by atoms with Crippen molar-refractivity contribution in [3.8, 4) is 0 Å². The molecule has 2 N–H and O–H groups in total. The Labute approximate surface area is 127 Å². The monoisotopic (exact) mass is 303 g/mol. The number of rotatable bonds is 6. The van der Waals surface area contributed by atoms with Crippen LogP contribution in [0.15, 0.2) is 42.5 Å². The maximum atomic E-state index is 11.9. The normalized spacial score (nSPS) is 11.9. The van der Waals surface area contributed by atoms with E-state index in [0.29, 0.717) is 17.3 Å². The van der Waals surface area contributed by atoms with Crippen molar-refractivity contribution in [3.63, 3.8) is 0 Å². The highest BCUT2D eigenvalue weighted by Crippen LogP contribution is 2.18. The second-order valence-corrected chi connectivity index (χ2v) is 5.91. The molecule has 1 aromatic heterocycles. The molecule has 2 rings (SSSR count). The van der Waals surface area contributed by atoms with Gasteiger partial charge in [-0.25, -0.2) is 4.79 Å². The number of benzene rings is 1. The molecule has 0 bridgehead atoms. The maximum absolute atomic E-state index is 11.9. The van der Waals surface area contributed by atoms with Crippen LogP contribution in [0.2, 0.25) is 0 Å². The number of carbonyl (C=O) groups is 2. The number of amides is 1. The molecule has 5 heteroatoms. The summed E-state index contributed by atoms with van der Waals surface area (Å²) in [5, 5.41) is 11.7. The van der Waals surface area contributed by atoms with Crippen molar-refractivity contribution in [1.82, 2.24) is 5.32 Å². The molecule has 1 unspecified atom stereocenters. The Morgan fingerprint density at radius 3 is 2.43 bits per heavy atom. The molecule has 4 nitrogen and oxygen atoms in total. The summed E-state index contributed by atoms with van der Waals surface area (Å²) in [6, 6.07) is 13.1. The standard InChI is InChI=1S/C16H17NO3S/c1-11(12-5-3-2-4-6-12)9-10-17-15(18)13-7-8-14(21-13)16(19)20/h2-8,11H,9-10H2,1H3,(H,17,18)(H,19,20). The molecule has 1 amide bonds. The number of hydrogen-bond acceptors (Lipinski definition) is 3. The van der Waals surface area contributed by atoms with Crippen LogP contribution in [0.4, 0.5) is 0 Å². The van der Waals surface area contributed by atoms with E-state index in [1.165, 1.54) is 11.6 Å². The van der Waals surface area contributed by atoms with Gasteiger partial charge in [0.05, 0.1) is 4.88 Å². The molecule has 0 aliphatic rings. The molecule has 1 aromatic carbocycles. The second-order valence-electron chi connectivity index (χ2n) is 4.83. The van der Waals surface area contributed by atoms with Crippen LogP contribution in [-0.4, -0.2) is 23.5 Å². The molecule has 0 radical (unpaired) electrons. The Kier molecular flexibility index (Phi) is 5.11. The summed E-state index contributed by atoms with van der Waals surface area (Å²) < 4.78 is 0. The Bertz CT molecular complexity index is 621. The average Bonchev–Trinajstić information content (AvgIpc) is 2.98. The molecular formula is C16H17NO3S. The Hall–Kier alpha value is -2.14. The predicted octanol–water partition coefficient (Wildman–Crippen LogP) is 3.37. The van der Waals surface area contributed by atoms with E-state index in [1.807, 2.05) is 18.2 Å². The molecule has 2 aromatic rings. The molecule has 0 aliphatic heterocycles.